The number of carbonyl (C=O) groups excluding carboxylic acids is 1. The fraction of sp³-hybridized carbons (Fsp3) is 0.846. The van der Waals surface area contributed by atoms with Crippen molar-refractivity contribution in [2.24, 2.45) is 0 Å². The number of urea groups is 1. The molecule has 0 aliphatic carbocycles. The zero-order valence-electron chi connectivity index (χ0n) is 11.8. The van der Waals surface area contributed by atoms with Gasteiger partial charge in [-0.25, -0.2) is 9.59 Å². The third-order valence-corrected chi connectivity index (χ3v) is 4.45. The summed E-state index contributed by atoms with van der Waals surface area (Å²) in [6.07, 6.45) is 3.22. The lowest BCUT2D eigenvalue weighted by Crippen LogP contribution is -2.50. The van der Waals surface area contributed by atoms with Crippen molar-refractivity contribution in [2.45, 2.75) is 43.8 Å². The molecule has 2 aliphatic rings. The van der Waals surface area contributed by atoms with Gasteiger partial charge in [0.25, 0.3) is 0 Å². The quantitative estimate of drug-likeness (QED) is 0.659. The number of aliphatic hydroxyl groups is 1. The van der Waals surface area contributed by atoms with Gasteiger partial charge in [0.1, 0.15) is 6.04 Å². The van der Waals surface area contributed by atoms with Crippen LogP contribution in [0, 0.1) is 0 Å². The van der Waals surface area contributed by atoms with Crippen molar-refractivity contribution < 1.29 is 19.8 Å². The van der Waals surface area contributed by atoms with Crippen molar-refractivity contribution in [1.29, 1.82) is 0 Å². The maximum atomic E-state index is 12.2. The van der Waals surface area contributed by atoms with Gasteiger partial charge in [0.05, 0.1) is 0 Å². The van der Waals surface area contributed by atoms with Crippen LogP contribution in [0.3, 0.4) is 0 Å². The van der Waals surface area contributed by atoms with Gasteiger partial charge in [0, 0.05) is 38.2 Å². The van der Waals surface area contributed by atoms with E-state index in [9.17, 15) is 9.59 Å². The lowest BCUT2D eigenvalue weighted by Gasteiger charge is -2.27. The number of nitrogens with zero attached hydrogens (tertiary/aromatic N) is 2. The Bertz CT molecular complexity index is 377. The molecule has 0 aromatic rings. The van der Waals surface area contributed by atoms with Gasteiger partial charge < -0.3 is 20.4 Å². The molecular formula is C13H23N3O4. The minimum Gasteiger partial charge on any atom is -0.480 e. The molecule has 0 aromatic heterocycles. The average Bonchev–Trinajstić information content (AvgIpc) is 2.62. The van der Waals surface area contributed by atoms with Crippen LogP contribution in [0.2, 0.25) is 0 Å². The highest BCUT2D eigenvalue weighted by Gasteiger charge is 2.36. The van der Waals surface area contributed by atoms with Crippen LogP contribution in [0.1, 0.15) is 25.7 Å². The molecule has 0 spiro atoms. The van der Waals surface area contributed by atoms with Crippen molar-refractivity contribution in [2.75, 3.05) is 26.7 Å². The summed E-state index contributed by atoms with van der Waals surface area (Å²) in [6, 6.07) is -0.461. The van der Waals surface area contributed by atoms with E-state index in [0.29, 0.717) is 25.2 Å². The van der Waals surface area contributed by atoms with Crippen LogP contribution in [-0.4, -0.2) is 76.9 Å². The SMILES string of the molecule is CN1C2CCC1CN(C(=O)N[C@@H](CCO)C(=O)O)CC2. The van der Waals surface area contributed by atoms with E-state index >= 15 is 0 Å². The van der Waals surface area contributed by atoms with Gasteiger partial charge in [-0.1, -0.05) is 0 Å². The number of rotatable bonds is 4. The highest BCUT2D eigenvalue weighted by Crippen LogP contribution is 2.28. The Kier molecular flexibility index (Phi) is 4.82. The maximum Gasteiger partial charge on any atom is 0.326 e. The number of hydrogen-bond donors (Lipinski definition) is 3. The number of aliphatic hydroxyl groups excluding tert-OH is 1. The highest BCUT2D eigenvalue weighted by molar-refractivity contribution is 5.82. The van der Waals surface area contributed by atoms with Crippen molar-refractivity contribution >= 4 is 12.0 Å². The largest absolute Gasteiger partial charge is 0.480 e. The van der Waals surface area contributed by atoms with Crippen molar-refractivity contribution in [1.82, 2.24) is 15.1 Å². The second-order valence-electron chi connectivity index (χ2n) is 5.64. The Hall–Kier alpha value is -1.34. The summed E-state index contributed by atoms with van der Waals surface area (Å²) < 4.78 is 0. The second kappa shape index (κ2) is 6.41. The fourth-order valence-corrected chi connectivity index (χ4v) is 3.12. The molecule has 2 unspecified atom stereocenters. The molecule has 2 fully saturated rings. The molecule has 7 heteroatoms. The van der Waals surface area contributed by atoms with Crippen LogP contribution < -0.4 is 5.32 Å². The number of carboxylic acid groups (broad SMARTS) is 1. The average molecular weight is 285 g/mol. The maximum absolute atomic E-state index is 12.2. The number of likely N-dealkylation sites (tertiary alicyclic amines) is 1. The molecule has 2 saturated heterocycles. The second-order valence-corrected chi connectivity index (χ2v) is 5.64. The van der Waals surface area contributed by atoms with Gasteiger partial charge in [-0.2, -0.15) is 0 Å². The van der Waals surface area contributed by atoms with Gasteiger partial charge >= 0.3 is 12.0 Å². The van der Waals surface area contributed by atoms with Gasteiger partial charge in [-0.15, -0.1) is 0 Å². The molecule has 3 N–H and O–H groups in total. The third-order valence-electron chi connectivity index (χ3n) is 4.45. The Labute approximate surface area is 118 Å². The van der Waals surface area contributed by atoms with E-state index in [-0.39, 0.29) is 19.1 Å². The van der Waals surface area contributed by atoms with Gasteiger partial charge in [0.2, 0.25) is 0 Å². The molecule has 2 aliphatic heterocycles. The van der Waals surface area contributed by atoms with Crippen LogP contribution in [-0.2, 0) is 4.79 Å². The Morgan fingerprint density at radius 3 is 2.65 bits per heavy atom. The van der Waals surface area contributed by atoms with Crippen LogP contribution in [0.5, 0.6) is 0 Å². The van der Waals surface area contributed by atoms with Gasteiger partial charge in [-0.3, -0.25) is 4.90 Å². The number of aliphatic carboxylic acids is 1. The summed E-state index contributed by atoms with van der Waals surface area (Å²) in [5.74, 6) is -1.11. The number of hydrogen-bond acceptors (Lipinski definition) is 4. The van der Waals surface area contributed by atoms with Crippen molar-refractivity contribution in [3.05, 3.63) is 0 Å². The summed E-state index contributed by atoms with van der Waals surface area (Å²) in [7, 11) is 2.09. The lowest BCUT2D eigenvalue weighted by atomic mass is 10.1. The molecule has 2 heterocycles. The van der Waals surface area contributed by atoms with Crippen LogP contribution in [0.4, 0.5) is 4.79 Å². The smallest absolute Gasteiger partial charge is 0.326 e. The van der Waals surface area contributed by atoms with Crippen LogP contribution in [0.25, 0.3) is 0 Å². The van der Waals surface area contributed by atoms with Crippen molar-refractivity contribution in [3.8, 4) is 0 Å². The lowest BCUT2D eigenvalue weighted by molar-refractivity contribution is -0.139. The summed E-state index contributed by atoms with van der Waals surface area (Å²) in [5, 5.41) is 20.3. The first-order valence-corrected chi connectivity index (χ1v) is 7.14. The van der Waals surface area contributed by atoms with Gasteiger partial charge in [0.15, 0.2) is 0 Å². The fourth-order valence-electron chi connectivity index (χ4n) is 3.12. The number of likely N-dealkylation sites (N-methyl/N-ethyl adjacent to an activating group) is 1. The van der Waals surface area contributed by atoms with E-state index in [1.807, 2.05) is 0 Å². The standard InChI is InChI=1S/C13H23N3O4/c1-15-9-2-3-10(15)8-16(6-4-9)13(20)14-11(5-7-17)12(18)19/h9-11,17H,2-8H2,1H3,(H,14,20)(H,18,19)/t9?,10?,11-/m0/s1. The van der Waals surface area contributed by atoms with Crippen LogP contribution in [0.15, 0.2) is 0 Å². The number of carbonyl (C=O) groups is 2. The minimum atomic E-state index is -1.11. The first kappa shape index (κ1) is 15.1. The molecule has 114 valence electrons. The third kappa shape index (κ3) is 3.21. The molecule has 7 nitrogen and oxygen atoms in total. The number of carboxylic acids is 1. The zero-order chi connectivity index (χ0) is 14.7. The predicted molar refractivity (Wildman–Crippen MR) is 72.4 cm³/mol. The molecule has 0 saturated carbocycles. The van der Waals surface area contributed by atoms with Crippen molar-refractivity contribution in [3.63, 3.8) is 0 Å². The van der Waals surface area contributed by atoms with E-state index in [4.69, 9.17) is 10.2 Å². The Morgan fingerprint density at radius 1 is 1.30 bits per heavy atom. The predicted octanol–water partition coefficient (Wildman–Crippen LogP) is -0.300. The normalized spacial score (nSPS) is 28.0. The summed E-state index contributed by atoms with van der Waals surface area (Å²) in [6.45, 7) is 1.04. The first-order chi connectivity index (χ1) is 9.52. The van der Waals surface area contributed by atoms with Gasteiger partial charge in [-0.05, 0) is 26.3 Å². The van der Waals surface area contributed by atoms with E-state index in [1.54, 1.807) is 4.90 Å². The Balaban J connectivity index is 1.93. The molecule has 2 bridgehead atoms. The van der Waals surface area contributed by atoms with E-state index in [0.717, 1.165) is 12.8 Å². The number of nitrogens with one attached hydrogen (secondary N) is 1. The summed E-state index contributed by atoms with van der Waals surface area (Å²) in [4.78, 5) is 27.2. The molecule has 0 aromatic carbocycles. The monoisotopic (exact) mass is 285 g/mol. The zero-order valence-corrected chi connectivity index (χ0v) is 11.8. The minimum absolute atomic E-state index is 0.0286. The molecule has 2 amide bonds. The highest BCUT2D eigenvalue weighted by atomic mass is 16.4. The van der Waals surface area contributed by atoms with E-state index in [2.05, 4.69) is 17.3 Å². The number of amides is 2. The van der Waals surface area contributed by atoms with E-state index < -0.39 is 12.0 Å². The molecule has 3 atom stereocenters. The number of fused-ring (bicyclic) bond motifs is 2. The topological polar surface area (TPSA) is 93.1 Å². The summed E-state index contributed by atoms with van der Waals surface area (Å²) in [5.41, 5.74) is 0. The summed E-state index contributed by atoms with van der Waals surface area (Å²) >= 11 is 0. The van der Waals surface area contributed by atoms with E-state index in [1.165, 1.54) is 6.42 Å². The first-order valence-electron chi connectivity index (χ1n) is 7.14. The Morgan fingerprint density at radius 2 is 2.00 bits per heavy atom. The molecular weight excluding hydrogens is 262 g/mol. The molecule has 0 radical (unpaired) electrons. The van der Waals surface area contributed by atoms with Crippen LogP contribution >= 0.6 is 0 Å². The molecule has 2 rings (SSSR count). The molecule has 20 heavy (non-hydrogen) atoms.